The first-order valence-electron chi connectivity index (χ1n) is 8.62. The van der Waals surface area contributed by atoms with Crippen molar-refractivity contribution in [1.82, 2.24) is 0 Å². The van der Waals surface area contributed by atoms with Crippen molar-refractivity contribution in [3.05, 3.63) is 23.8 Å². The maximum atomic E-state index is 9.63. The number of aromatic hydroxyl groups is 1. The molecule has 0 bridgehead atoms. The fraction of sp³-hybridized carbons (Fsp3) is 0.579. The van der Waals surface area contributed by atoms with Gasteiger partial charge in [0.05, 0.1) is 11.4 Å². The molecule has 3 rings (SSSR count). The van der Waals surface area contributed by atoms with E-state index in [1.54, 1.807) is 6.07 Å². The van der Waals surface area contributed by atoms with Crippen LogP contribution in [0, 0.1) is 17.8 Å². The van der Waals surface area contributed by atoms with Crippen LogP contribution in [0.1, 0.15) is 57.4 Å². The topological polar surface area (TPSA) is 72.3 Å². The largest absolute Gasteiger partial charge is 0.506 e. The van der Waals surface area contributed by atoms with E-state index in [2.05, 4.69) is 13.0 Å². The summed E-state index contributed by atoms with van der Waals surface area (Å²) in [5.74, 6) is 2.75. The minimum atomic E-state index is 0.0758. The van der Waals surface area contributed by atoms with Gasteiger partial charge < -0.3 is 16.6 Å². The number of allylic oxidation sites excluding steroid dienone is 2. The van der Waals surface area contributed by atoms with Crippen molar-refractivity contribution >= 4 is 16.9 Å². The minimum absolute atomic E-state index is 0.0758. The van der Waals surface area contributed by atoms with E-state index in [-0.39, 0.29) is 5.75 Å². The highest BCUT2D eigenvalue weighted by atomic mass is 16.3. The standard InChI is InChI=1S/C19H28N2O/c1-12-2-4-13(5-3-12)14-6-8-15(9-7-14)16-10-11-17(22)19(21)18(16)20/h8,10-14,22H,2-7,9,20-21H2,1H3. The molecule has 1 aromatic carbocycles. The van der Waals surface area contributed by atoms with Gasteiger partial charge in [0.2, 0.25) is 0 Å². The Morgan fingerprint density at radius 1 is 0.955 bits per heavy atom. The molecular formula is C19H28N2O. The first-order valence-corrected chi connectivity index (χ1v) is 8.62. The Bertz CT molecular complexity index is 571. The number of phenols is 1. The van der Waals surface area contributed by atoms with Crippen molar-refractivity contribution in [2.24, 2.45) is 17.8 Å². The van der Waals surface area contributed by atoms with Crippen LogP contribution < -0.4 is 11.5 Å². The molecule has 2 aliphatic carbocycles. The van der Waals surface area contributed by atoms with Gasteiger partial charge in [-0.05, 0) is 67.6 Å². The number of rotatable bonds is 2. The highest BCUT2D eigenvalue weighted by molar-refractivity contribution is 5.85. The third-order valence-corrected chi connectivity index (χ3v) is 5.79. The SMILES string of the molecule is CC1CCC(C2CC=C(c3ccc(O)c(N)c3N)CC2)CC1. The van der Waals surface area contributed by atoms with E-state index >= 15 is 0 Å². The van der Waals surface area contributed by atoms with Crippen molar-refractivity contribution in [2.45, 2.75) is 51.9 Å². The second kappa shape index (κ2) is 6.23. The molecule has 3 nitrogen and oxygen atoms in total. The van der Waals surface area contributed by atoms with Gasteiger partial charge in [-0.1, -0.05) is 25.8 Å². The number of hydrogen-bond acceptors (Lipinski definition) is 3. The highest BCUT2D eigenvalue weighted by Gasteiger charge is 2.27. The van der Waals surface area contributed by atoms with E-state index in [4.69, 9.17) is 11.5 Å². The summed E-state index contributed by atoms with van der Waals surface area (Å²) in [6.45, 7) is 2.38. The molecule has 1 aromatic rings. The molecule has 0 radical (unpaired) electrons. The van der Waals surface area contributed by atoms with Crippen LogP contribution in [0.3, 0.4) is 0 Å². The van der Waals surface area contributed by atoms with Crippen molar-refractivity contribution in [1.29, 1.82) is 0 Å². The quantitative estimate of drug-likeness (QED) is 0.553. The maximum Gasteiger partial charge on any atom is 0.140 e. The Morgan fingerprint density at radius 2 is 1.68 bits per heavy atom. The van der Waals surface area contributed by atoms with Gasteiger partial charge in [0.25, 0.3) is 0 Å². The highest BCUT2D eigenvalue weighted by Crippen LogP contribution is 2.43. The van der Waals surface area contributed by atoms with Crippen molar-refractivity contribution in [3.63, 3.8) is 0 Å². The van der Waals surface area contributed by atoms with Crippen LogP contribution in [-0.4, -0.2) is 5.11 Å². The molecule has 1 fully saturated rings. The molecule has 0 aliphatic heterocycles. The molecule has 120 valence electrons. The van der Waals surface area contributed by atoms with Gasteiger partial charge in [-0.15, -0.1) is 0 Å². The number of nitrogens with two attached hydrogens (primary N) is 2. The van der Waals surface area contributed by atoms with Gasteiger partial charge in [0.1, 0.15) is 5.75 Å². The third kappa shape index (κ3) is 2.94. The number of phenolic OH excluding ortho intramolecular Hbond substituents is 1. The summed E-state index contributed by atoms with van der Waals surface area (Å²) in [4.78, 5) is 0. The summed E-state index contributed by atoms with van der Waals surface area (Å²) in [7, 11) is 0. The van der Waals surface area contributed by atoms with E-state index in [9.17, 15) is 5.11 Å². The molecule has 0 heterocycles. The van der Waals surface area contributed by atoms with E-state index in [1.165, 1.54) is 37.7 Å². The van der Waals surface area contributed by atoms with Crippen molar-refractivity contribution in [3.8, 4) is 5.75 Å². The Kier molecular flexibility index (Phi) is 4.32. The minimum Gasteiger partial charge on any atom is -0.506 e. The number of nitrogen functional groups attached to an aromatic ring is 2. The smallest absolute Gasteiger partial charge is 0.140 e. The average molecular weight is 300 g/mol. The van der Waals surface area contributed by atoms with Crippen LogP contribution in [0.4, 0.5) is 11.4 Å². The fourth-order valence-electron chi connectivity index (χ4n) is 4.19. The number of anilines is 2. The molecule has 1 atom stereocenters. The van der Waals surface area contributed by atoms with Gasteiger partial charge in [-0.3, -0.25) is 0 Å². The lowest BCUT2D eigenvalue weighted by atomic mass is 9.71. The van der Waals surface area contributed by atoms with Gasteiger partial charge in [-0.25, -0.2) is 0 Å². The zero-order valence-electron chi connectivity index (χ0n) is 13.5. The zero-order chi connectivity index (χ0) is 15.7. The van der Waals surface area contributed by atoms with Crippen LogP contribution in [-0.2, 0) is 0 Å². The predicted octanol–water partition coefficient (Wildman–Crippen LogP) is 4.57. The lowest BCUT2D eigenvalue weighted by molar-refractivity contribution is 0.202. The molecule has 2 aliphatic rings. The molecule has 3 heteroatoms. The molecule has 5 N–H and O–H groups in total. The van der Waals surface area contributed by atoms with E-state index in [1.807, 2.05) is 6.07 Å². The zero-order valence-corrected chi connectivity index (χ0v) is 13.5. The molecular weight excluding hydrogens is 272 g/mol. The van der Waals surface area contributed by atoms with Crippen LogP contribution in [0.2, 0.25) is 0 Å². The van der Waals surface area contributed by atoms with Gasteiger partial charge in [-0.2, -0.15) is 0 Å². The normalized spacial score (nSPS) is 29.1. The van der Waals surface area contributed by atoms with Crippen LogP contribution in [0.5, 0.6) is 5.75 Å². The number of hydrogen-bond donors (Lipinski definition) is 3. The molecule has 0 saturated heterocycles. The van der Waals surface area contributed by atoms with E-state index < -0.39 is 0 Å². The molecule has 0 aromatic heterocycles. The lowest BCUT2D eigenvalue weighted by Crippen LogP contribution is -2.22. The second-order valence-corrected chi connectivity index (χ2v) is 7.24. The molecule has 0 spiro atoms. The molecule has 1 unspecified atom stereocenters. The fourth-order valence-corrected chi connectivity index (χ4v) is 4.19. The van der Waals surface area contributed by atoms with E-state index in [0.717, 1.165) is 36.2 Å². The Balaban J connectivity index is 1.70. The van der Waals surface area contributed by atoms with Crippen LogP contribution >= 0.6 is 0 Å². The lowest BCUT2D eigenvalue weighted by Gasteiger charge is -2.34. The number of benzene rings is 1. The summed E-state index contributed by atoms with van der Waals surface area (Å²) >= 11 is 0. The second-order valence-electron chi connectivity index (χ2n) is 7.24. The first-order chi connectivity index (χ1) is 10.6. The van der Waals surface area contributed by atoms with Crippen molar-refractivity contribution < 1.29 is 5.11 Å². The average Bonchev–Trinajstić information content (AvgIpc) is 2.54. The third-order valence-electron chi connectivity index (χ3n) is 5.79. The van der Waals surface area contributed by atoms with Gasteiger partial charge in [0, 0.05) is 5.56 Å². The summed E-state index contributed by atoms with van der Waals surface area (Å²) in [5.41, 5.74) is 15.1. The van der Waals surface area contributed by atoms with Gasteiger partial charge >= 0.3 is 0 Å². The summed E-state index contributed by atoms with van der Waals surface area (Å²) in [5, 5.41) is 9.63. The molecule has 22 heavy (non-hydrogen) atoms. The summed E-state index contributed by atoms with van der Waals surface area (Å²) < 4.78 is 0. The Hall–Kier alpha value is -1.64. The Labute approximate surface area is 133 Å². The molecule has 0 amide bonds. The van der Waals surface area contributed by atoms with Crippen LogP contribution in [0.25, 0.3) is 5.57 Å². The monoisotopic (exact) mass is 300 g/mol. The summed E-state index contributed by atoms with van der Waals surface area (Å²) in [6, 6.07) is 3.55. The molecule has 1 saturated carbocycles. The maximum absolute atomic E-state index is 9.63. The van der Waals surface area contributed by atoms with Gasteiger partial charge in [0.15, 0.2) is 0 Å². The first kappa shape index (κ1) is 15.3. The van der Waals surface area contributed by atoms with E-state index in [0.29, 0.717) is 11.4 Å². The Morgan fingerprint density at radius 3 is 2.32 bits per heavy atom. The predicted molar refractivity (Wildman–Crippen MR) is 93.4 cm³/mol. The van der Waals surface area contributed by atoms with Crippen LogP contribution in [0.15, 0.2) is 18.2 Å². The van der Waals surface area contributed by atoms with Crippen molar-refractivity contribution in [2.75, 3.05) is 11.5 Å². The summed E-state index contributed by atoms with van der Waals surface area (Å²) in [6.07, 6.45) is 11.5.